The first-order valence-electron chi connectivity index (χ1n) is 12.4. The minimum absolute atomic E-state index is 1.26. The van der Waals surface area contributed by atoms with Crippen molar-refractivity contribution in [2.45, 2.75) is 0 Å². The van der Waals surface area contributed by atoms with E-state index in [2.05, 4.69) is 120 Å². The number of rotatable bonds is 1. The highest BCUT2D eigenvalue weighted by molar-refractivity contribution is 7.26. The molecule has 6 aromatic carbocycles. The van der Waals surface area contributed by atoms with Crippen molar-refractivity contribution in [3.63, 3.8) is 0 Å². The number of benzene rings is 6. The van der Waals surface area contributed by atoms with Crippen LogP contribution in [0, 0.1) is 0 Å². The Morgan fingerprint density at radius 2 is 1.25 bits per heavy atom. The van der Waals surface area contributed by atoms with E-state index in [0.717, 1.165) is 0 Å². The number of aromatic nitrogens is 1. The van der Waals surface area contributed by atoms with Gasteiger partial charge in [-0.2, -0.15) is 0 Å². The number of thiophene rings is 1. The van der Waals surface area contributed by atoms with E-state index in [1.807, 2.05) is 11.3 Å². The quantitative estimate of drug-likeness (QED) is 0.223. The van der Waals surface area contributed by atoms with Crippen LogP contribution in [0.1, 0.15) is 0 Å². The number of hydrogen-bond acceptors (Lipinski definition) is 1. The van der Waals surface area contributed by atoms with Crippen molar-refractivity contribution in [2.24, 2.45) is 0 Å². The minimum Gasteiger partial charge on any atom is -0.307 e. The van der Waals surface area contributed by atoms with Crippen LogP contribution in [0.4, 0.5) is 0 Å². The van der Waals surface area contributed by atoms with Crippen LogP contribution in [0.5, 0.6) is 0 Å². The summed E-state index contributed by atoms with van der Waals surface area (Å²) in [4.78, 5) is 0. The Hall–Kier alpha value is -4.40. The Kier molecular flexibility index (Phi) is 3.47. The second-order valence-corrected chi connectivity index (χ2v) is 10.8. The largest absolute Gasteiger partial charge is 0.307 e. The summed E-state index contributed by atoms with van der Waals surface area (Å²) in [6.45, 7) is 0. The zero-order valence-corrected chi connectivity index (χ0v) is 20.1. The predicted molar refractivity (Wildman–Crippen MR) is 156 cm³/mol. The highest BCUT2D eigenvalue weighted by Crippen LogP contribution is 2.52. The second kappa shape index (κ2) is 6.63. The fourth-order valence-corrected chi connectivity index (χ4v) is 7.69. The molecule has 2 aromatic heterocycles. The minimum atomic E-state index is 1.26. The maximum atomic E-state index is 2.53. The molecule has 1 aliphatic carbocycles. The van der Waals surface area contributed by atoms with Crippen molar-refractivity contribution >= 4 is 64.1 Å². The van der Waals surface area contributed by atoms with Crippen LogP contribution in [-0.4, -0.2) is 4.57 Å². The summed E-state index contributed by atoms with van der Waals surface area (Å²) in [5.41, 5.74) is 9.21. The fourth-order valence-electron chi connectivity index (χ4n) is 6.49. The summed E-state index contributed by atoms with van der Waals surface area (Å²) >= 11 is 1.90. The normalized spacial score (nSPS) is 12.4. The van der Waals surface area contributed by atoms with Gasteiger partial charge < -0.3 is 4.57 Å². The van der Waals surface area contributed by atoms with Gasteiger partial charge in [-0.25, -0.2) is 0 Å². The van der Waals surface area contributed by atoms with Crippen molar-refractivity contribution in [3.8, 4) is 27.9 Å². The molecule has 1 aliphatic rings. The lowest BCUT2D eigenvalue weighted by Gasteiger charge is -2.13. The molecule has 1 nitrogen and oxygen atoms in total. The van der Waals surface area contributed by atoms with E-state index in [-0.39, 0.29) is 0 Å². The summed E-state index contributed by atoms with van der Waals surface area (Å²) in [7, 11) is 0. The smallest absolute Gasteiger partial charge is 0.0641 e. The first-order valence-corrected chi connectivity index (χ1v) is 13.2. The Balaban J connectivity index is 1.52. The Morgan fingerprint density at radius 3 is 2.17 bits per heavy atom. The van der Waals surface area contributed by atoms with Gasteiger partial charge in [-0.05, 0) is 45.7 Å². The molecule has 0 aliphatic heterocycles. The molecule has 8 aromatic rings. The van der Waals surface area contributed by atoms with Gasteiger partial charge in [0.05, 0.1) is 21.4 Å². The Bertz CT molecular complexity index is 2200. The highest BCUT2D eigenvalue weighted by Gasteiger charge is 2.27. The van der Waals surface area contributed by atoms with Crippen LogP contribution in [0.25, 0.3) is 80.7 Å². The first kappa shape index (κ1) is 18.9. The third kappa shape index (κ3) is 2.21. The fraction of sp³-hybridized carbons (Fsp3) is 0. The van der Waals surface area contributed by atoms with E-state index in [9.17, 15) is 0 Å². The molecule has 166 valence electrons. The van der Waals surface area contributed by atoms with Crippen LogP contribution in [0.2, 0.25) is 0 Å². The van der Waals surface area contributed by atoms with Crippen molar-refractivity contribution in [1.82, 2.24) is 4.57 Å². The number of para-hydroxylation sites is 1. The molecular formula is C34H19NS. The summed E-state index contributed by atoms with van der Waals surface area (Å²) in [6, 6.07) is 42.6. The summed E-state index contributed by atoms with van der Waals surface area (Å²) in [6.07, 6.45) is 0. The van der Waals surface area contributed by atoms with Gasteiger partial charge in [-0.1, -0.05) is 97.1 Å². The van der Waals surface area contributed by atoms with E-state index >= 15 is 0 Å². The van der Waals surface area contributed by atoms with Crippen molar-refractivity contribution in [1.29, 1.82) is 0 Å². The van der Waals surface area contributed by atoms with E-state index in [0.29, 0.717) is 0 Å². The first-order chi connectivity index (χ1) is 17.9. The number of nitrogens with zero attached hydrogens (tertiary/aromatic N) is 1. The van der Waals surface area contributed by atoms with Crippen LogP contribution in [0.15, 0.2) is 115 Å². The molecule has 0 fully saturated rings. The standard InChI is InChI=1S/C34H19NS/c1-3-15-28-21(10-1)25-19-18-24-23-12-5-8-20-9-6-14-27(31(20)23)32(24)33(25)35(28)29-16-7-13-26-22-11-2-4-17-30(22)36-34(26)29/h1-19H. The van der Waals surface area contributed by atoms with Gasteiger partial charge in [0, 0.05) is 31.8 Å². The van der Waals surface area contributed by atoms with Crippen molar-refractivity contribution in [3.05, 3.63) is 115 Å². The maximum Gasteiger partial charge on any atom is 0.0641 e. The molecule has 0 saturated heterocycles. The Labute approximate surface area is 211 Å². The molecule has 0 N–H and O–H groups in total. The van der Waals surface area contributed by atoms with Gasteiger partial charge in [0.15, 0.2) is 0 Å². The van der Waals surface area contributed by atoms with E-state index in [4.69, 9.17) is 0 Å². The molecular weight excluding hydrogens is 454 g/mol. The zero-order chi connectivity index (χ0) is 23.4. The summed E-state index contributed by atoms with van der Waals surface area (Å²) in [5.74, 6) is 0. The maximum absolute atomic E-state index is 2.53. The van der Waals surface area contributed by atoms with Gasteiger partial charge >= 0.3 is 0 Å². The molecule has 2 heterocycles. The molecule has 0 spiro atoms. The van der Waals surface area contributed by atoms with Gasteiger partial charge in [-0.15, -0.1) is 11.3 Å². The molecule has 0 bridgehead atoms. The molecule has 9 rings (SSSR count). The molecule has 0 radical (unpaired) electrons. The van der Waals surface area contributed by atoms with E-state index < -0.39 is 0 Å². The topological polar surface area (TPSA) is 4.93 Å². The highest BCUT2D eigenvalue weighted by atomic mass is 32.1. The van der Waals surface area contributed by atoms with Crippen molar-refractivity contribution < 1.29 is 0 Å². The Morgan fingerprint density at radius 1 is 0.500 bits per heavy atom. The molecule has 0 unspecified atom stereocenters. The van der Waals surface area contributed by atoms with Gasteiger partial charge in [0.2, 0.25) is 0 Å². The zero-order valence-electron chi connectivity index (χ0n) is 19.3. The number of fused-ring (bicyclic) bond motifs is 10. The molecule has 0 saturated carbocycles. The molecule has 36 heavy (non-hydrogen) atoms. The lowest BCUT2D eigenvalue weighted by Crippen LogP contribution is -1.95. The summed E-state index contributed by atoms with van der Waals surface area (Å²) < 4.78 is 5.21. The van der Waals surface area contributed by atoms with Gasteiger partial charge in [0.1, 0.15) is 0 Å². The lowest BCUT2D eigenvalue weighted by atomic mass is 10.00. The third-order valence-electron chi connectivity index (χ3n) is 7.93. The van der Waals surface area contributed by atoms with E-state index in [1.54, 1.807) is 0 Å². The van der Waals surface area contributed by atoms with E-state index in [1.165, 1.54) is 80.7 Å². The van der Waals surface area contributed by atoms with Crippen molar-refractivity contribution in [2.75, 3.05) is 0 Å². The number of hydrogen-bond donors (Lipinski definition) is 0. The second-order valence-electron chi connectivity index (χ2n) is 9.70. The molecule has 0 atom stereocenters. The monoisotopic (exact) mass is 473 g/mol. The molecule has 2 heteroatoms. The SMILES string of the molecule is c1cc2c3c(cccc3c1)-c1c-2ccc2c3ccccc3n(-c3cccc4c3sc3ccccc34)c12. The van der Waals surface area contributed by atoms with Crippen LogP contribution < -0.4 is 0 Å². The van der Waals surface area contributed by atoms with Crippen LogP contribution in [0.3, 0.4) is 0 Å². The van der Waals surface area contributed by atoms with Crippen LogP contribution >= 0.6 is 11.3 Å². The van der Waals surface area contributed by atoms with Gasteiger partial charge in [0.25, 0.3) is 0 Å². The van der Waals surface area contributed by atoms with Gasteiger partial charge in [-0.3, -0.25) is 0 Å². The van der Waals surface area contributed by atoms with Crippen LogP contribution in [-0.2, 0) is 0 Å². The third-order valence-corrected chi connectivity index (χ3v) is 9.13. The average Bonchev–Trinajstić information content (AvgIpc) is 3.58. The average molecular weight is 474 g/mol. The lowest BCUT2D eigenvalue weighted by molar-refractivity contribution is 1.20. The predicted octanol–water partition coefficient (Wildman–Crippen LogP) is 9.95. The summed E-state index contributed by atoms with van der Waals surface area (Å²) in [5, 5.41) is 7.96. The molecule has 0 amide bonds.